The minimum atomic E-state index is -0.487. The zero-order valence-electron chi connectivity index (χ0n) is 7.24. The van der Waals surface area contributed by atoms with Gasteiger partial charge in [-0.05, 0) is 6.07 Å². The monoisotopic (exact) mass is 206 g/mol. The van der Waals surface area contributed by atoms with Gasteiger partial charge < -0.3 is 5.73 Å². The molecule has 0 aliphatic carbocycles. The molecule has 5 heteroatoms. The van der Waals surface area contributed by atoms with Gasteiger partial charge in [-0.25, -0.2) is 4.98 Å². The molecule has 0 aromatic carbocycles. The van der Waals surface area contributed by atoms with Crippen LogP contribution in [0.5, 0.6) is 0 Å². The van der Waals surface area contributed by atoms with Crippen LogP contribution in [0.3, 0.4) is 0 Å². The van der Waals surface area contributed by atoms with Crippen LogP contribution < -0.4 is 5.73 Å². The van der Waals surface area contributed by atoms with Crippen molar-refractivity contribution in [2.45, 2.75) is 12.5 Å². The van der Waals surface area contributed by atoms with Crippen LogP contribution in [0.15, 0.2) is 12.3 Å². The van der Waals surface area contributed by atoms with Crippen LogP contribution in [-0.2, 0) is 0 Å². The second-order valence-electron chi connectivity index (χ2n) is 2.67. The molecular weight excluding hydrogens is 200 g/mol. The first-order chi connectivity index (χ1) is 6.69. The highest BCUT2D eigenvalue weighted by atomic mass is 35.5. The van der Waals surface area contributed by atoms with Crippen LogP contribution in [0.25, 0.3) is 0 Å². The van der Waals surface area contributed by atoms with Gasteiger partial charge in [0.2, 0.25) is 0 Å². The number of nitriles is 2. The average Bonchev–Trinajstić information content (AvgIpc) is 2.17. The molecule has 0 bridgehead atoms. The largest absolute Gasteiger partial charge is 0.323 e. The van der Waals surface area contributed by atoms with Crippen LogP contribution in [-0.4, -0.2) is 4.98 Å². The Morgan fingerprint density at radius 1 is 1.57 bits per heavy atom. The maximum absolute atomic E-state index is 8.79. The summed E-state index contributed by atoms with van der Waals surface area (Å²) in [5.41, 5.74) is 6.60. The van der Waals surface area contributed by atoms with Crippen molar-refractivity contribution in [1.29, 1.82) is 10.5 Å². The molecule has 0 saturated carbocycles. The third-order valence-corrected chi connectivity index (χ3v) is 1.94. The van der Waals surface area contributed by atoms with E-state index >= 15 is 0 Å². The van der Waals surface area contributed by atoms with E-state index in [1.807, 2.05) is 12.1 Å². The van der Waals surface area contributed by atoms with Gasteiger partial charge in [-0.1, -0.05) is 11.6 Å². The summed E-state index contributed by atoms with van der Waals surface area (Å²) in [6.45, 7) is 0. The van der Waals surface area contributed by atoms with E-state index in [-0.39, 0.29) is 11.6 Å². The molecule has 1 atom stereocenters. The Hall–Kier alpha value is -1.62. The number of nitrogens with zero attached hydrogens (tertiary/aromatic N) is 3. The molecule has 1 rings (SSSR count). The van der Waals surface area contributed by atoms with Crippen LogP contribution in [0.4, 0.5) is 0 Å². The molecule has 4 nitrogen and oxygen atoms in total. The van der Waals surface area contributed by atoms with Crippen molar-refractivity contribution in [3.05, 3.63) is 28.5 Å². The molecule has 14 heavy (non-hydrogen) atoms. The molecule has 0 aliphatic rings. The van der Waals surface area contributed by atoms with Gasteiger partial charge in [0, 0.05) is 17.8 Å². The summed E-state index contributed by atoms with van der Waals surface area (Å²) in [5.74, 6) is 0. The number of pyridine rings is 1. The van der Waals surface area contributed by atoms with Crippen LogP contribution in [0, 0.1) is 22.7 Å². The van der Waals surface area contributed by atoms with Gasteiger partial charge >= 0.3 is 0 Å². The highest BCUT2D eigenvalue weighted by Crippen LogP contribution is 2.19. The van der Waals surface area contributed by atoms with Crippen LogP contribution in [0.1, 0.15) is 23.6 Å². The van der Waals surface area contributed by atoms with Crippen molar-refractivity contribution in [2.24, 2.45) is 5.73 Å². The first kappa shape index (κ1) is 10.5. The highest BCUT2D eigenvalue weighted by Gasteiger charge is 2.11. The Balaban J connectivity index is 3.10. The summed E-state index contributed by atoms with van der Waals surface area (Å²) < 4.78 is 0. The van der Waals surface area contributed by atoms with Crippen LogP contribution in [0.2, 0.25) is 5.15 Å². The molecular formula is C9H7ClN4. The second-order valence-corrected chi connectivity index (χ2v) is 3.06. The lowest BCUT2D eigenvalue weighted by atomic mass is 10.0. The number of nitrogens with two attached hydrogens (primary N) is 1. The van der Waals surface area contributed by atoms with Gasteiger partial charge in [0.15, 0.2) is 0 Å². The molecule has 0 aliphatic heterocycles. The van der Waals surface area contributed by atoms with Crippen molar-refractivity contribution in [3.8, 4) is 12.1 Å². The fourth-order valence-corrected chi connectivity index (χ4v) is 1.20. The Kier molecular flexibility index (Phi) is 3.41. The molecule has 0 saturated heterocycles. The lowest BCUT2D eigenvalue weighted by Crippen LogP contribution is -2.11. The Morgan fingerprint density at radius 3 is 2.86 bits per heavy atom. The van der Waals surface area contributed by atoms with Gasteiger partial charge in [0.25, 0.3) is 0 Å². The second kappa shape index (κ2) is 4.57. The first-order valence-electron chi connectivity index (χ1n) is 3.87. The maximum atomic E-state index is 8.79. The first-order valence-corrected chi connectivity index (χ1v) is 4.25. The fourth-order valence-electron chi connectivity index (χ4n) is 1.04. The minimum absolute atomic E-state index is 0.151. The highest BCUT2D eigenvalue weighted by molar-refractivity contribution is 6.29. The van der Waals surface area contributed by atoms with E-state index in [9.17, 15) is 0 Å². The maximum Gasteiger partial charge on any atom is 0.130 e. The van der Waals surface area contributed by atoms with Crippen molar-refractivity contribution in [1.82, 2.24) is 4.98 Å². The average molecular weight is 207 g/mol. The summed E-state index contributed by atoms with van der Waals surface area (Å²) >= 11 is 5.61. The SMILES string of the molecule is N#CC[C@@H](N)c1cnc(Cl)cc1C#N. The number of rotatable bonds is 2. The Bertz CT molecular complexity index is 416. The van der Waals surface area contributed by atoms with E-state index in [2.05, 4.69) is 4.98 Å². The van der Waals surface area contributed by atoms with Crippen molar-refractivity contribution < 1.29 is 0 Å². The summed E-state index contributed by atoms with van der Waals surface area (Å²) in [6.07, 6.45) is 1.58. The van der Waals surface area contributed by atoms with E-state index in [0.29, 0.717) is 11.1 Å². The third-order valence-electron chi connectivity index (χ3n) is 1.73. The standard InChI is InChI=1S/C9H7ClN4/c10-9-3-6(4-12)7(5-14-9)8(13)1-2-11/h3,5,8H,1,13H2/t8-/m1/s1. The zero-order valence-corrected chi connectivity index (χ0v) is 7.99. The zero-order chi connectivity index (χ0) is 10.6. The summed E-state index contributed by atoms with van der Waals surface area (Å²) in [7, 11) is 0. The summed E-state index contributed by atoms with van der Waals surface area (Å²) in [4.78, 5) is 3.82. The molecule has 0 amide bonds. The molecule has 0 spiro atoms. The minimum Gasteiger partial charge on any atom is -0.323 e. The third kappa shape index (κ3) is 2.20. The molecule has 0 unspecified atom stereocenters. The molecule has 0 radical (unpaired) electrons. The number of hydrogen-bond donors (Lipinski definition) is 1. The Labute approximate surface area is 86.5 Å². The Morgan fingerprint density at radius 2 is 2.29 bits per heavy atom. The number of aromatic nitrogens is 1. The van der Waals surface area contributed by atoms with Gasteiger partial charge in [-0.3, -0.25) is 0 Å². The normalized spacial score (nSPS) is 11.4. The predicted molar refractivity (Wildman–Crippen MR) is 51.1 cm³/mol. The van der Waals surface area contributed by atoms with Gasteiger partial charge in [0.1, 0.15) is 5.15 Å². The summed E-state index contributed by atoms with van der Waals surface area (Å²) in [5, 5.41) is 17.5. The van der Waals surface area contributed by atoms with E-state index in [1.165, 1.54) is 12.3 Å². The van der Waals surface area contributed by atoms with Gasteiger partial charge in [-0.2, -0.15) is 10.5 Å². The molecule has 1 aromatic heterocycles. The molecule has 2 N–H and O–H groups in total. The smallest absolute Gasteiger partial charge is 0.130 e. The fraction of sp³-hybridized carbons (Fsp3) is 0.222. The van der Waals surface area contributed by atoms with E-state index in [1.54, 1.807) is 0 Å². The van der Waals surface area contributed by atoms with Gasteiger partial charge in [-0.15, -0.1) is 0 Å². The molecule has 1 aromatic rings. The van der Waals surface area contributed by atoms with Crippen LogP contribution >= 0.6 is 11.6 Å². The number of halogens is 1. The van der Waals surface area contributed by atoms with E-state index in [4.69, 9.17) is 27.9 Å². The quantitative estimate of drug-likeness (QED) is 0.744. The van der Waals surface area contributed by atoms with Crippen molar-refractivity contribution in [2.75, 3.05) is 0 Å². The van der Waals surface area contributed by atoms with E-state index in [0.717, 1.165) is 0 Å². The predicted octanol–water partition coefficient (Wildman–Crippen LogP) is 1.52. The van der Waals surface area contributed by atoms with Gasteiger partial charge in [0.05, 0.1) is 24.1 Å². The summed E-state index contributed by atoms with van der Waals surface area (Å²) in [6, 6.07) is 4.85. The number of hydrogen-bond acceptors (Lipinski definition) is 4. The molecule has 70 valence electrons. The lowest BCUT2D eigenvalue weighted by molar-refractivity contribution is 0.741. The molecule has 0 fully saturated rings. The lowest BCUT2D eigenvalue weighted by Gasteiger charge is -2.08. The topological polar surface area (TPSA) is 86.5 Å². The molecule has 1 heterocycles. The van der Waals surface area contributed by atoms with Crippen molar-refractivity contribution >= 4 is 11.6 Å². The van der Waals surface area contributed by atoms with E-state index < -0.39 is 6.04 Å². The van der Waals surface area contributed by atoms with Crippen molar-refractivity contribution in [3.63, 3.8) is 0 Å².